The molecule has 5 N–H and O–H groups in total. The summed E-state index contributed by atoms with van der Waals surface area (Å²) in [5.41, 5.74) is 4.02. The molecule has 0 spiro atoms. The maximum Gasteiger partial charge on any atom is 0.407 e. The number of carbonyl (C=O) groups excluding carboxylic acids is 5. The number of carboxylic acid groups (broad SMARTS) is 1. The molecular weight excluding hydrogens is 793 g/mol. The molecule has 62 heavy (non-hydrogen) atoms. The number of aromatic nitrogens is 4. The van der Waals surface area contributed by atoms with Gasteiger partial charge in [0.15, 0.2) is 5.82 Å². The minimum Gasteiger partial charge on any atom is -0.481 e. The molecule has 0 radical (unpaired) electrons. The predicted molar refractivity (Wildman–Crippen MR) is 244 cm³/mol. The van der Waals surface area contributed by atoms with E-state index in [4.69, 9.17) is 20.8 Å². The van der Waals surface area contributed by atoms with E-state index in [0.29, 0.717) is 31.2 Å². The van der Waals surface area contributed by atoms with Crippen molar-refractivity contribution in [3.63, 3.8) is 0 Å². The zero-order valence-electron chi connectivity index (χ0n) is 38.8. The van der Waals surface area contributed by atoms with E-state index in [2.05, 4.69) is 53.8 Å². The number of ether oxygens (including phenoxy) is 1. The number of nitrogens with zero attached hydrogens (tertiary/aromatic N) is 4. The van der Waals surface area contributed by atoms with Crippen LogP contribution in [0.3, 0.4) is 0 Å². The van der Waals surface area contributed by atoms with E-state index in [9.17, 15) is 19.2 Å². The molecule has 0 unspecified atom stereocenters. The summed E-state index contributed by atoms with van der Waals surface area (Å²) < 4.78 is 10.9. The first-order valence-corrected chi connectivity index (χ1v) is 19.7. The van der Waals surface area contributed by atoms with Gasteiger partial charge in [-0.3, -0.25) is 19.2 Å². The van der Waals surface area contributed by atoms with Gasteiger partial charge >= 0.3 is 6.09 Å². The lowest BCUT2D eigenvalue weighted by Gasteiger charge is -2.17. The summed E-state index contributed by atoms with van der Waals surface area (Å²) in [7, 11) is 4.46. The number of amides is 4. The summed E-state index contributed by atoms with van der Waals surface area (Å²) in [6, 6.07) is 27.1. The second-order valence-corrected chi connectivity index (χ2v) is 12.4. The molecule has 0 aliphatic heterocycles. The normalized spacial score (nSPS) is 12.2. The topological polar surface area (TPSA) is 232 Å². The number of likely N-dealkylation sites (N-methyl/N-ethyl adjacent to an activating group) is 1. The maximum absolute atomic E-state index is 11.2. The molecule has 1 aliphatic carbocycles. The average Bonchev–Trinajstić information content (AvgIpc) is 3.29. The molecule has 0 fully saturated rings. The van der Waals surface area contributed by atoms with Gasteiger partial charge in [-0.05, 0) is 55.7 Å². The number of hydrogen-bond acceptors (Lipinski definition) is 11. The number of allylic oxidation sites excluding steroid dienone is 2. The molecule has 16 nitrogen and oxygen atoms in total. The number of hydrogen-bond donors (Lipinski definition) is 5. The molecular formula is C46H68N8O8. The Hall–Kier alpha value is -6.84. The molecule has 0 saturated heterocycles. The molecule has 1 aromatic heterocycles. The van der Waals surface area contributed by atoms with Gasteiger partial charge in [0.25, 0.3) is 5.97 Å². The second kappa shape index (κ2) is 39.6. The zero-order chi connectivity index (χ0) is 48.3. The van der Waals surface area contributed by atoms with Crippen molar-refractivity contribution in [1.82, 2.24) is 41.7 Å². The lowest BCUT2D eigenvalue weighted by molar-refractivity contribution is -0.134. The van der Waals surface area contributed by atoms with Crippen molar-refractivity contribution in [3.8, 4) is 11.4 Å². The van der Waals surface area contributed by atoms with Crippen LogP contribution in [-0.4, -0.2) is 82.3 Å². The monoisotopic (exact) mass is 863 g/mol. The first-order chi connectivity index (χ1) is 30.3. The van der Waals surface area contributed by atoms with Crippen LogP contribution >= 0.6 is 0 Å². The van der Waals surface area contributed by atoms with Crippen molar-refractivity contribution < 1.29 is 40.0 Å². The average molecular weight is 863 g/mol. The van der Waals surface area contributed by atoms with Crippen LogP contribution in [0.1, 0.15) is 98.0 Å². The van der Waals surface area contributed by atoms with Crippen LogP contribution in [0.25, 0.3) is 11.4 Å². The van der Waals surface area contributed by atoms with Crippen molar-refractivity contribution in [2.24, 2.45) is 0 Å². The maximum atomic E-state index is 11.2. The molecule has 16 heteroatoms. The van der Waals surface area contributed by atoms with Gasteiger partial charge in [0.2, 0.25) is 23.5 Å². The Kier molecular flexibility index (Phi) is 36.6. The van der Waals surface area contributed by atoms with Gasteiger partial charge in [-0.15, -0.1) is 20.4 Å². The fraction of sp³-hybridized carbons (Fsp3) is 0.391. The number of alkyl carbamates (subject to hydrolysis) is 1. The van der Waals surface area contributed by atoms with Crippen LogP contribution in [0.5, 0.6) is 0 Å². The number of carbonyl (C=O) groups is 6. The third-order valence-corrected chi connectivity index (χ3v) is 7.40. The van der Waals surface area contributed by atoms with E-state index in [0.717, 1.165) is 61.3 Å². The Labute approximate surface area is 369 Å². The highest BCUT2D eigenvalue weighted by Crippen LogP contribution is 2.16. The van der Waals surface area contributed by atoms with E-state index >= 15 is 0 Å². The quantitative estimate of drug-likeness (QED) is 0.113. The van der Waals surface area contributed by atoms with E-state index in [1.165, 1.54) is 21.3 Å². The smallest absolute Gasteiger partial charge is 0.407 e. The Balaban J connectivity index is -0.000000723. The molecule has 0 bridgehead atoms. The number of aryl methyl sites for hydroxylation is 1. The van der Waals surface area contributed by atoms with Crippen molar-refractivity contribution in [2.45, 2.75) is 107 Å². The highest BCUT2D eigenvalue weighted by atomic mass is 16.6. The van der Waals surface area contributed by atoms with Gasteiger partial charge in [-0.2, -0.15) is 0 Å². The molecule has 3 aromatic carbocycles. The molecule has 0 saturated carbocycles. The van der Waals surface area contributed by atoms with E-state index in [-0.39, 0.29) is 29.9 Å². The summed E-state index contributed by atoms with van der Waals surface area (Å²) in [6.45, 7) is 13.1. The number of carboxylic acids is 1. The highest BCUT2D eigenvalue weighted by molar-refractivity contribution is 5.78. The van der Waals surface area contributed by atoms with Crippen LogP contribution in [0.2, 0.25) is 0 Å². The molecule has 1 heterocycles. The lowest BCUT2D eigenvalue weighted by atomic mass is 10.0. The third-order valence-electron chi connectivity index (χ3n) is 7.40. The number of benzene rings is 3. The summed E-state index contributed by atoms with van der Waals surface area (Å²) >= 11 is 0. The van der Waals surface area contributed by atoms with Gasteiger partial charge in [0.1, 0.15) is 12.9 Å². The van der Waals surface area contributed by atoms with Crippen molar-refractivity contribution in [2.75, 3.05) is 14.1 Å². The molecule has 4 amide bonds. The fourth-order valence-electron chi connectivity index (χ4n) is 4.54. The SMILES string of the molecule is C=O.CC.CC(=O)NCc1ccccc1.CC(=O)NCc1ccccc1.CC(=O)O.CNC(=O)Cc1ccc(-c2nnc(C)nn2)cc1.CNC(=O)O[C@@H]1CC/C=C/CCC1.[3H]C. The Morgan fingerprint density at radius 2 is 1.16 bits per heavy atom. The van der Waals surface area contributed by atoms with Crippen LogP contribution < -0.4 is 21.3 Å². The highest BCUT2D eigenvalue weighted by Gasteiger charge is 2.13. The van der Waals surface area contributed by atoms with Gasteiger partial charge in [-0.1, -0.05) is 118 Å². The minimum absolute atomic E-state index is 0.00820. The standard InChI is InChI=1S/C12H13N5O.C10H17NO2.2C9H11NO.C2H4O2.C2H6.CH2O.CH4/c1-8-14-16-12(17-15-8)10-5-3-9(4-6-10)7-11(18)13-2;1-11-10(12)13-9-7-5-3-2-4-6-8-9;2*1-8(11)10-7-9-5-3-2-4-6-9;1-2(3)4;2*1-2;/h3-6H,7H2,1-2H3,(H,13,18);2-3,9H,4-8H2,1H3,(H,11,12);2*2-6H,7H2,1H3,(H,10,11);1H3,(H,3,4);1-2H3;1H2;1H4/b;3-2+;;;;;;/t;9-;;;;;;/m.1....../s1/i;;;;;;;1T. The first kappa shape index (κ1) is 57.3. The summed E-state index contributed by atoms with van der Waals surface area (Å²) in [4.78, 5) is 60.2. The van der Waals surface area contributed by atoms with Crippen molar-refractivity contribution >= 4 is 36.6 Å². The second-order valence-electron chi connectivity index (χ2n) is 12.4. The van der Waals surface area contributed by atoms with Crippen molar-refractivity contribution in [1.29, 1.82) is 0 Å². The molecule has 340 valence electrons. The van der Waals surface area contributed by atoms with Gasteiger partial charge in [0, 0.05) is 54.9 Å². The Bertz CT molecular complexity index is 1750. The molecule has 4 aromatic rings. The number of nitrogens with one attached hydrogen (secondary N) is 4. The van der Waals surface area contributed by atoms with E-state index < -0.39 is 5.97 Å². The van der Waals surface area contributed by atoms with E-state index in [1.54, 1.807) is 21.0 Å². The fourth-order valence-corrected chi connectivity index (χ4v) is 4.54. The molecule has 5 rings (SSSR count). The summed E-state index contributed by atoms with van der Waals surface area (Å²) in [5, 5.41) is 33.5. The predicted octanol–water partition coefficient (Wildman–Crippen LogP) is 6.98. The van der Waals surface area contributed by atoms with Crippen molar-refractivity contribution in [3.05, 3.63) is 120 Å². The van der Waals surface area contributed by atoms with Crippen LogP contribution in [0, 0.1) is 6.92 Å². The summed E-state index contributed by atoms with van der Waals surface area (Å²) in [6.07, 6.45) is 9.69. The first-order valence-electron chi connectivity index (χ1n) is 20.7. The van der Waals surface area contributed by atoms with E-state index in [1.807, 2.05) is 106 Å². The molecule has 1 aliphatic rings. The van der Waals surface area contributed by atoms with Crippen LogP contribution in [-0.2, 0) is 48.2 Å². The van der Waals surface area contributed by atoms with Crippen LogP contribution in [0.4, 0.5) is 4.79 Å². The van der Waals surface area contributed by atoms with Gasteiger partial charge in [0.05, 0.1) is 6.42 Å². The van der Waals surface area contributed by atoms with Crippen LogP contribution in [0.15, 0.2) is 97.1 Å². The number of aliphatic carboxylic acids is 1. The largest absolute Gasteiger partial charge is 0.481 e. The van der Waals surface area contributed by atoms with Gasteiger partial charge in [-0.25, -0.2) is 4.79 Å². The minimum atomic E-state index is -0.833. The van der Waals surface area contributed by atoms with Gasteiger partial charge < -0.3 is 35.9 Å². The zero-order valence-corrected chi connectivity index (χ0v) is 37.8. The lowest BCUT2D eigenvalue weighted by Crippen LogP contribution is -2.26. The third kappa shape index (κ3) is 34.1. The molecule has 1 atom stereocenters. The Morgan fingerprint density at radius 3 is 1.58 bits per heavy atom. The summed E-state index contributed by atoms with van der Waals surface area (Å²) in [5.74, 6) is 0.183. The Morgan fingerprint density at radius 1 is 0.710 bits per heavy atom. The number of rotatable bonds is 8.